The number of rotatable bonds is 2. The van der Waals surface area contributed by atoms with E-state index in [-0.39, 0.29) is 5.41 Å². The molecule has 0 amide bonds. The molecule has 1 aromatic heterocycles. The van der Waals surface area contributed by atoms with Crippen molar-refractivity contribution < 1.29 is 4.74 Å². The van der Waals surface area contributed by atoms with E-state index < -0.39 is 0 Å². The minimum atomic E-state index is 0.0532. The van der Waals surface area contributed by atoms with Crippen LogP contribution in [0, 0.1) is 11.3 Å². The van der Waals surface area contributed by atoms with Crippen molar-refractivity contribution >= 4 is 0 Å². The molecule has 4 heteroatoms. The van der Waals surface area contributed by atoms with Crippen LogP contribution in [0.5, 0.6) is 5.75 Å². The van der Waals surface area contributed by atoms with Crippen LogP contribution >= 0.6 is 0 Å². The number of nitrogens with zero attached hydrogens (tertiary/aromatic N) is 3. The number of benzene rings is 1. The van der Waals surface area contributed by atoms with Gasteiger partial charge in [0.15, 0.2) is 5.69 Å². The van der Waals surface area contributed by atoms with E-state index in [1.165, 1.54) is 5.56 Å². The maximum atomic E-state index is 8.98. The molecule has 2 rings (SSSR count). The van der Waals surface area contributed by atoms with Gasteiger partial charge in [0.1, 0.15) is 11.8 Å². The summed E-state index contributed by atoms with van der Waals surface area (Å²) in [5.74, 6) is 0.783. The summed E-state index contributed by atoms with van der Waals surface area (Å²) in [5.41, 5.74) is 3.51. The predicted molar refractivity (Wildman–Crippen MR) is 78.6 cm³/mol. The fraction of sp³-hybridized carbons (Fsp3) is 0.375. The molecule has 0 aliphatic rings. The lowest BCUT2D eigenvalue weighted by Crippen LogP contribution is -2.11. The average molecular weight is 269 g/mol. The van der Waals surface area contributed by atoms with Gasteiger partial charge in [-0.2, -0.15) is 10.4 Å². The van der Waals surface area contributed by atoms with E-state index in [2.05, 4.69) is 44.1 Å². The minimum absolute atomic E-state index is 0.0532. The second-order valence-corrected chi connectivity index (χ2v) is 5.82. The zero-order valence-corrected chi connectivity index (χ0v) is 12.6. The van der Waals surface area contributed by atoms with Crippen LogP contribution in [0.25, 0.3) is 11.3 Å². The van der Waals surface area contributed by atoms with E-state index in [1.807, 2.05) is 13.1 Å². The Morgan fingerprint density at radius 2 is 1.95 bits per heavy atom. The number of ether oxygens (including phenoxy) is 1. The summed E-state index contributed by atoms with van der Waals surface area (Å²) < 4.78 is 7.15. The molecule has 0 unspecified atom stereocenters. The van der Waals surface area contributed by atoms with Gasteiger partial charge in [-0.1, -0.05) is 26.8 Å². The summed E-state index contributed by atoms with van der Waals surface area (Å²) in [6, 6.07) is 10.00. The van der Waals surface area contributed by atoms with Crippen LogP contribution in [0.3, 0.4) is 0 Å². The Kier molecular flexibility index (Phi) is 3.54. The van der Waals surface area contributed by atoms with E-state index in [9.17, 15) is 0 Å². The van der Waals surface area contributed by atoms with E-state index in [1.54, 1.807) is 17.9 Å². The molecule has 0 spiro atoms. The Morgan fingerprint density at radius 3 is 2.45 bits per heavy atom. The fourth-order valence-electron chi connectivity index (χ4n) is 2.15. The molecule has 2 aromatic rings. The number of nitriles is 1. The summed E-state index contributed by atoms with van der Waals surface area (Å²) in [7, 11) is 3.48. The molecule has 104 valence electrons. The average Bonchev–Trinajstić information content (AvgIpc) is 2.78. The lowest BCUT2D eigenvalue weighted by Gasteiger charge is -2.21. The third-order valence-corrected chi connectivity index (χ3v) is 3.34. The Balaban J connectivity index is 2.65. The molecule has 0 atom stereocenters. The quantitative estimate of drug-likeness (QED) is 0.840. The molecule has 20 heavy (non-hydrogen) atoms. The molecule has 0 radical (unpaired) electrons. The van der Waals surface area contributed by atoms with Gasteiger partial charge in [0, 0.05) is 18.7 Å². The van der Waals surface area contributed by atoms with Crippen molar-refractivity contribution in [2.75, 3.05) is 7.11 Å². The van der Waals surface area contributed by atoms with Crippen molar-refractivity contribution in [1.82, 2.24) is 9.78 Å². The standard InChI is InChI=1S/C16H19N3O/c1-16(2,3)11-6-7-15(20-5)13(8-11)14-9-12(10-17)18-19(14)4/h6-9H,1-5H3. The zero-order chi connectivity index (χ0) is 14.9. The number of aromatic nitrogens is 2. The number of aryl methyl sites for hydroxylation is 1. The first-order chi connectivity index (χ1) is 9.36. The molecular weight excluding hydrogens is 250 g/mol. The van der Waals surface area contributed by atoms with E-state index in [0.717, 1.165) is 17.0 Å². The molecule has 0 N–H and O–H groups in total. The molecule has 0 fully saturated rings. The van der Waals surface area contributed by atoms with Crippen molar-refractivity contribution in [3.63, 3.8) is 0 Å². The Hall–Kier alpha value is -2.28. The number of hydrogen-bond donors (Lipinski definition) is 0. The third-order valence-electron chi connectivity index (χ3n) is 3.34. The molecular formula is C16H19N3O. The van der Waals surface area contributed by atoms with Gasteiger partial charge in [-0.25, -0.2) is 0 Å². The van der Waals surface area contributed by atoms with Gasteiger partial charge >= 0.3 is 0 Å². The van der Waals surface area contributed by atoms with E-state index in [4.69, 9.17) is 10.00 Å². The van der Waals surface area contributed by atoms with Crippen molar-refractivity contribution in [3.05, 3.63) is 35.5 Å². The molecule has 1 aromatic carbocycles. The summed E-state index contributed by atoms with van der Waals surface area (Å²) in [5, 5.41) is 13.1. The molecule has 0 saturated heterocycles. The monoisotopic (exact) mass is 269 g/mol. The summed E-state index contributed by atoms with van der Waals surface area (Å²) in [6.45, 7) is 6.51. The lowest BCUT2D eigenvalue weighted by molar-refractivity contribution is 0.415. The van der Waals surface area contributed by atoms with Crippen LogP contribution < -0.4 is 4.74 Å². The highest BCUT2D eigenvalue weighted by Gasteiger charge is 2.18. The molecule has 1 heterocycles. The second kappa shape index (κ2) is 5.01. The largest absolute Gasteiger partial charge is 0.496 e. The maximum absolute atomic E-state index is 8.98. The number of hydrogen-bond acceptors (Lipinski definition) is 3. The van der Waals surface area contributed by atoms with Crippen molar-refractivity contribution in [2.45, 2.75) is 26.2 Å². The summed E-state index contributed by atoms with van der Waals surface area (Å²) in [4.78, 5) is 0. The zero-order valence-electron chi connectivity index (χ0n) is 12.6. The van der Waals surface area contributed by atoms with E-state index in [0.29, 0.717) is 5.69 Å². The highest BCUT2D eigenvalue weighted by atomic mass is 16.5. The highest BCUT2D eigenvalue weighted by Crippen LogP contribution is 2.34. The summed E-state index contributed by atoms with van der Waals surface area (Å²) >= 11 is 0. The van der Waals surface area contributed by atoms with Gasteiger partial charge in [-0.3, -0.25) is 4.68 Å². The predicted octanol–water partition coefficient (Wildman–Crippen LogP) is 3.26. The smallest absolute Gasteiger partial charge is 0.163 e. The normalized spacial score (nSPS) is 11.2. The van der Waals surface area contributed by atoms with Crippen molar-refractivity contribution in [2.24, 2.45) is 7.05 Å². The van der Waals surface area contributed by atoms with Gasteiger partial charge in [0.25, 0.3) is 0 Å². The van der Waals surface area contributed by atoms with Crippen LogP contribution in [0.4, 0.5) is 0 Å². The highest BCUT2D eigenvalue weighted by molar-refractivity contribution is 5.69. The first-order valence-electron chi connectivity index (χ1n) is 6.50. The van der Waals surface area contributed by atoms with Gasteiger partial charge in [-0.05, 0) is 23.1 Å². The SMILES string of the molecule is COc1ccc(C(C)(C)C)cc1-c1cc(C#N)nn1C. The first kappa shape index (κ1) is 14.1. The van der Waals surface area contributed by atoms with Crippen molar-refractivity contribution in [1.29, 1.82) is 5.26 Å². The molecule has 0 bridgehead atoms. The minimum Gasteiger partial charge on any atom is -0.496 e. The first-order valence-corrected chi connectivity index (χ1v) is 6.50. The van der Waals surface area contributed by atoms with Gasteiger partial charge in [-0.15, -0.1) is 0 Å². The summed E-state index contributed by atoms with van der Waals surface area (Å²) in [6.07, 6.45) is 0. The Labute approximate surface area is 119 Å². The Bertz CT molecular complexity index is 672. The topological polar surface area (TPSA) is 50.8 Å². The Morgan fingerprint density at radius 1 is 1.25 bits per heavy atom. The molecule has 0 saturated carbocycles. The molecule has 0 aliphatic carbocycles. The van der Waals surface area contributed by atoms with Gasteiger partial charge in [0.2, 0.25) is 0 Å². The van der Waals surface area contributed by atoms with Crippen LogP contribution in [0.1, 0.15) is 32.0 Å². The molecule has 0 aliphatic heterocycles. The maximum Gasteiger partial charge on any atom is 0.163 e. The second-order valence-electron chi connectivity index (χ2n) is 5.82. The van der Waals surface area contributed by atoms with Gasteiger partial charge < -0.3 is 4.74 Å². The van der Waals surface area contributed by atoms with Crippen LogP contribution in [-0.2, 0) is 12.5 Å². The van der Waals surface area contributed by atoms with Crippen LogP contribution in [0.2, 0.25) is 0 Å². The molecule has 4 nitrogen and oxygen atoms in total. The van der Waals surface area contributed by atoms with Crippen LogP contribution in [0.15, 0.2) is 24.3 Å². The van der Waals surface area contributed by atoms with E-state index >= 15 is 0 Å². The van der Waals surface area contributed by atoms with Crippen molar-refractivity contribution in [3.8, 4) is 23.1 Å². The third kappa shape index (κ3) is 2.53. The lowest BCUT2D eigenvalue weighted by atomic mass is 9.85. The fourth-order valence-corrected chi connectivity index (χ4v) is 2.15. The van der Waals surface area contributed by atoms with Gasteiger partial charge in [0.05, 0.1) is 12.8 Å². The van der Waals surface area contributed by atoms with Crippen LogP contribution in [-0.4, -0.2) is 16.9 Å². The number of methoxy groups -OCH3 is 1.